The van der Waals surface area contributed by atoms with Gasteiger partial charge in [-0.3, -0.25) is 4.79 Å². The van der Waals surface area contributed by atoms with Gasteiger partial charge in [-0.1, -0.05) is 0 Å². The quantitative estimate of drug-likeness (QED) is 0.688. The third kappa shape index (κ3) is 3.70. The number of aromatic hydroxyl groups is 1. The number of quaternary nitrogens is 1. The minimum absolute atomic E-state index is 0.147. The van der Waals surface area contributed by atoms with E-state index in [-0.39, 0.29) is 31.0 Å². The van der Waals surface area contributed by atoms with E-state index in [1.165, 1.54) is 7.11 Å². The third-order valence-corrected chi connectivity index (χ3v) is 5.82. The maximum Gasteiger partial charge on any atom is 0.311 e. The summed E-state index contributed by atoms with van der Waals surface area (Å²) in [6, 6.07) is 7.17. The zero-order chi connectivity index (χ0) is 21.3. The van der Waals surface area contributed by atoms with Crippen LogP contribution >= 0.6 is 0 Å². The molecule has 2 N–H and O–H groups in total. The first kappa shape index (κ1) is 20.2. The summed E-state index contributed by atoms with van der Waals surface area (Å²) in [5, 5.41) is 10.5. The van der Waals surface area contributed by atoms with Crippen molar-refractivity contribution in [3.05, 3.63) is 41.0 Å². The number of ether oxygens (including phenoxy) is 5. The zero-order valence-electron chi connectivity index (χ0n) is 17.3. The molecule has 0 aromatic heterocycles. The molecule has 0 radical (unpaired) electrons. The van der Waals surface area contributed by atoms with E-state index in [4.69, 9.17) is 23.7 Å². The fourth-order valence-electron chi connectivity index (χ4n) is 4.24. The number of hydrogen-bond donors (Lipinski definition) is 2. The molecule has 2 aromatic carbocycles. The molecule has 1 unspecified atom stereocenters. The van der Waals surface area contributed by atoms with Crippen LogP contribution in [0.15, 0.2) is 24.3 Å². The molecule has 2 heterocycles. The molecule has 30 heavy (non-hydrogen) atoms. The molecule has 2 atom stereocenters. The molecule has 2 aliphatic rings. The Morgan fingerprint density at radius 1 is 1.10 bits per heavy atom. The fraction of sp³-hybridized carbons (Fsp3) is 0.409. The highest BCUT2D eigenvalue weighted by molar-refractivity contribution is 5.70. The van der Waals surface area contributed by atoms with Crippen molar-refractivity contribution in [3.63, 3.8) is 0 Å². The molecule has 0 saturated heterocycles. The first-order chi connectivity index (χ1) is 14.5. The molecule has 0 saturated carbocycles. The minimum atomic E-state index is -0.282. The average molecular weight is 416 g/mol. The Morgan fingerprint density at radius 3 is 2.50 bits per heavy atom. The van der Waals surface area contributed by atoms with Crippen LogP contribution in [0.4, 0.5) is 0 Å². The molecule has 0 aliphatic carbocycles. The number of carbonyl (C=O) groups is 1. The van der Waals surface area contributed by atoms with Gasteiger partial charge in [0.2, 0.25) is 6.79 Å². The van der Waals surface area contributed by atoms with Crippen molar-refractivity contribution >= 4 is 5.97 Å². The number of esters is 1. The van der Waals surface area contributed by atoms with E-state index in [1.807, 2.05) is 18.2 Å². The molecule has 0 fully saturated rings. The number of phenols is 1. The number of benzene rings is 2. The fourth-order valence-corrected chi connectivity index (χ4v) is 4.24. The lowest BCUT2D eigenvalue weighted by Gasteiger charge is -2.34. The zero-order valence-corrected chi connectivity index (χ0v) is 17.3. The van der Waals surface area contributed by atoms with Crippen LogP contribution in [0.5, 0.6) is 28.7 Å². The number of hydrogen-bond acceptors (Lipinski definition) is 7. The van der Waals surface area contributed by atoms with Crippen molar-refractivity contribution < 1.29 is 38.5 Å². The summed E-state index contributed by atoms with van der Waals surface area (Å²) >= 11 is 0. The van der Waals surface area contributed by atoms with Gasteiger partial charge in [-0.05, 0) is 23.8 Å². The summed E-state index contributed by atoms with van der Waals surface area (Å²) in [5.41, 5.74) is 2.90. The lowest BCUT2D eigenvalue weighted by atomic mass is 9.89. The number of rotatable bonds is 6. The topological polar surface area (TPSA) is 87.9 Å². The molecule has 8 heteroatoms. The van der Waals surface area contributed by atoms with Crippen LogP contribution in [-0.2, 0) is 22.5 Å². The van der Waals surface area contributed by atoms with Crippen molar-refractivity contribution in [2.75, 3.05) is 34.7 Å². The molecule has 8 nitrogen and oxygen atoms in total. The maximum atomic E-state index is 12.2. The smallest absolute Gasteiger partial charge is 0.311 e. The highest BCUT2D eigenvalue weighted by atomic mass is 16.7. The van der Waals surface area contributed by atoms with E-state index in [0.717, 1.165) is 34.6 Å². The number of phenolic OH excluding ortho intramolecular Hbond substituents is 1. The number of fused-ring (bicyclic) bond motifs is 2. The molecule has 2 aliphatic heterocycles. The SMILES string of the molecule is COC(=O)C[C@@H]1c2cc(OC)c(OC)cc2CC[NH+]1Cc1cc2c(cc1O)OCO2. The Labute approximate surface area is 174 Å². The van der Waals surface area contributed by atoms with Crippen LogP contribution < -0.4 is 23.8 Å². The van der Waals surface area contributed by atoms with E-state index >= 15 is 0 Å². The number of nitrogens with one attached hydrogen (secondary N) is 1. The Bertz CT molecular complexity index is 959. The van der Waals surface area contributed by atoms with Crippen LogP contribution in [0.3, 0.4) is 0 Å². The first-order valence-corrected chi connectivity index (χ1v) is 9.81. The molecular weight excluding hydrogens is 390 g/mol. The van der Waals surface area contributed by atoms with Gasteiger partial charge >= 0.3 is 5.97 Å². The molecule has 4 rings (SSSR count). The Balaban J connectivity index is 1.69. The number of carbonyl (C=O) groups excluding carboxylic acids is 1. The average Bonchev–Trinajstić information content (AvgIpc) is 3.21. The highest BCUT2D eigenvalue weighted by Gasteiger charge is 2.35. The second-order valence-corrected chi connectivity index (χ2v) is 7.41. The monoisotopic (exact) mass is 416 g/mol. The molecule has 0 spiro atoms. The van der Waals surface area contributed by atoms with E-state index < -0.39 is 0 Å². The van der Waals surface area contributed by atoms with Gasteiger partial charge in [0.15, 0.2) is 23.0 Å². The van der Waals surface area contributed by atoms with E-state index in [0.29, 0.717) is 29.5 Å². The molecule has 0 bridgehead atoms. The standard InChI is InChI=1S/C22H25NO7/c1-26-18-6-13-4-5-23(11-14-7-20-21(10-17(14)24)30-12-29-20)16(9-22(25)28-3)15(13)8-19(18)27-2/h6-8,10,16,24H,4-5,9,11-12H2,1-3H3/p+1/t16-/m1/s1. The summed E-state index contributed by atoms with van der Waals surface area (Å²) in [6.07, 6.45) is 1.04. The molecule has 2 aromatic rings. The first-order valence-electron chi connectivity index (χ1n) is 9.81. The molecule has 160 valence electrons. The van der Waals surface area contributed by atoms with Crippen LogP contribution in [0.25, 0.3) is 0 Å². The van der Waals surface area contributed by atoms with E-state index in [2.05, 4.69) is 0 Å². The maximum absolute atomic E-state index is 12.2. The summed E-state index contributed by atoms with van der Waals surface area (Å²) in [7, 11) is 4.60. The van der Waals surface area contributed by atoms with Gasteiger partial charge in [0.25, 0.3) is 0 Å². The van der Waals surface area contributed by atoms with Crippen LogP contribution in [-0.4, -0.2) is 45.7 Å². The Kier molecular flexibility index (Phi) is 5.59. The third-order valence-electron chi connectivity index (χ3n) is 5.82. The van der Waals surface area contributed by atoms with Crippen molar-refractivity contribution in [2.45, 2.75) is 25.4 Å². The van der Waals surface area contributed by atoms with Gasteiger partial charge in [-0.15, -0.1) is 0 Å². The van der Waals surface area contributed by atoms with Gasteiger partial charge in [-0.2, -0.15) is 0 Å². The second kappa shape index (κ2) is 8.31. The number of methoxy groups -OCH3 is 3. The van der Waals surface area contributed by atoms with Gasteiger partial charge in [0, 0.05) is 18.1 Å². The second-order valence-electron chi connectivity index (χ2n) is 7.41. The van der Waals surface area contributed by atoms with Crippen molar-refractivity contribution in [2.24, 2.45) is 0 Å². The normalized spacial score (nSPS) is 19.2. The summed E-state index contributed by atoms with van der Waals surface area (Å²) < 4.78 is 26.7. The van der Waals surface area contributed by atoms with Crippen molar-refractivity contribution in [1.29, 1.82) is 0 Å². The predicted octanol–water partition coefficient (Wildman–Crippen LogP) is 1.38. The van der Waals surface area contributed by atoms with Crippen molar-refractivity contribution in [1.82, 2.24) is 0 Å². The van der Waals surface area contributed by atoms with Crippen molar-refractivity contribution in [3.8, 4) is 28.7 Å². The Hall–Kier alpha value is -3.13. The van der Waals surface area contributed by atoms with Crippen LogP contribution in [0.2, 0.25) is 0 Å². The van der Waals surface area contributed by atoms with Crippen LogP contribution in [0.1, 0.15) is 29.2 Å². The van der Waals surface area contributed by atoms with E-state index in [1.54, 1.807) is 20.3 Å². The van der Waals surface area contributed by atoms with Gasteiger partial charge in [0.1, 0.15) is 24.8 Å². The summed E-state index contributed by atoms with van der Waals surface area (Å²) in [5.74, 6) is 2.33. The Morgan fingerprint density at radius 2 is 1.80 bits per heavy atom. The predicted molar refractivity (Wildman–Crippen MR) is 106 cm³/mol. The molecule has 0 amide bonds. The highest BCUT2D eigenvalue weighted by Crippen LogP contribution is 2.38. The van der Waals surface area contributed by atoms with Crippen LogP contribution in [0, 0.1) is 0 Å². The summed E-state index contributed by atoms with van der Waals surface area (Å²) in [6.45, 7) is 1.46. The molecular formula is C22H26NO7+. The van der Waals surface area contributed by atoms with Gasteiger partial charge in [0.05, 0.1) is 33.4 Å². The van der Waals surface area contributed by atoms with Gasteiger partial charge < -0.3 is 33.7 Å². The lowest BCUT2D eigenvalue weighted by molar-refractivity contribution is -0.946. The largest absolute Gasteiger partial charge is 0.507 e. The lowest BCUT2D eigenvalue weighted by Crippen LogP contribution is -3.12. The summed E-state index contributed by atoms with van der Waals surface area (Å²) in [4.78, 5) is 13.4. The van der Waals surface area contributed by atoms with Gasteiger partial charge in [-0.25, -0.2) is 0 Å². The van der Waals surface area contributed by atoms with E-state index in [9.17, 15) is 9.90 Å². The minimum Gasteiger partial charge on any atom is -0.507 e.